The van der Waals surface area contributed by atoms with Crippen molar-refractivity contribution in [3.63, 3.8) is 0 Å². The van der Waals surface area contributed by atoms with E-state index in [0.717, 1.165) is 6.42 Å². The van der Waals surface area contributed by atoms with Crippen LogP contribution in [0.5, 0.6) is 0 Å². The molecule has 0 spiro atoms. The van der Waals surface area contributed by atoms with Gasteiger partial charge in [0.2, 0.25) is 0 Å². The molecule has 1 unspecified atom stereocenters. The van der Waals surface area contributed by atoms with E-state index in [1.165, 1.54) is 0 Å². The predicted octanol–water partition coefficient (Wildman–Crippen LogP) is -0.0447. The van der Waals surface area contributed by atoms with Crippen LogP contribution in [-0.4, -0.2) is 11.2 Å². The summed E-state index contributed by atoms with van der Waals surface area (Å²) in [5.74, 6) is 0. The van der Waals surface area contributed by atoms with E-state index >= 15 is 0 Å². The zero-order valence-corrected chi connectivity index (χ0v) is 2.31. The van der Waals surface area contributed by atoms with Gasteiger partial charge in [0, 0.05) is 0 Å². The van der Waals surface area contributed by atoms with Crippen LogP contribution in [0.2, 0.25) is 0 Å². The third kappa shape index (κ3) is 0.206. The SMILES string of the molecule is OC1[CH]C1. The van der Waals surface area contributed by atoms with Crippen molar-refractivity contribution in [2.45, 2.75) is 12.5 Å². The second-order valence-corrected chi connectivity index (χ2v) is 1.04. The smallest absolute Gasteiger partial charge is 0.0576 e. The quantitative estimate of drug-likeness (QED) is 0.413. The number of rotatable bonds is 0. The Morgan fingerprint density at radius 2 is 2.25 bits per heavy atom. The van der Waals surface area contributed by atoms with Gasteiger partial charge in [-0.05, 0) is 12.8 Å². The molecule has 1 aliphatic rings. The van der Waals surface area contributed by atoms with Gasteiger partial charge in [-0.3, -0.25) is 0 Å². The fourth-order valence-corrected chi connectivity index (χ4v) is 0.0609. The molecule has 0 aliphatic heterocycles. The van der Waals surface area contributed by atoms with Gasteiger partial charge >= 0.3 is 0 Å². The number of aliphatic hydroxyl groups is 1. The summed E-state index contributed by atoms with van der Waals surface area (Å²) in [5.41, 5.74) is 0. The normalized spacial score (nSPS) is 26.2. The van der Waals surface area contributed by atoms with Crippen molar-refractivity contribution in [2.75, 3.05) is 0 Å². The Kier molecular flexibility index (Phi) is 0.256. The van der Waals surface area contributed by atoms with Crippen molar-refractivity contribution in [3.05, 3.63) is 6.42 Å². The lowest BCUT2D eigenvalue weighted by atomic mass is 10.9. The Labute approximate surface area is 25.3 Å². The van der Waals surface area contributed by atoms with Crippen molar-refractivity contribution >= 4 is 0 Å². The van der Waals surface area contributed by atoms with Gasteiger partial charge in [0.15, 0.2) is 0 Å². The van der Waals surface area contributed by atoms with Gasteiger partial charge in [-0.1, -0.05) is 0 Å². The molecule has 23 valence electrons. The zero-order valence-electron chi connectivity index (χ0n) is 2.31. The molecule has 1 fully saturated rings. The minimum absolute atomic E-state index is 0.0417. The summed E-state index contributed by atoms with van der Waals surface area (Å²) in [6, 6.07) is 0. The highest BCUT2D eigenvalue weighted by molar-refractivity contribution is 4.94. The van der Waals surface area contributed by atoms with Crippen LogP contribution in [0.1, 0.15) is 6.42 Å². The van der Waals surface area contributed by atoms with Crippen LogP contribution in [0, 0.1) is 6.42 Å². The lowest BCUT2D eigenvalue weighted by molar-refractivity contribution is 0.290. The van der Waals surface area contributed by atoms with Gasteiger partial charge in [0.1, 0.15) is 0 Å². The molecule has 1 heteroatoms. The third-order valence-electron chi connectivity index (χ3n) is 0.447. The van der Waals surface area contributed by atoms with E-state index in [2.05, 4.69) is 0 Å². The van der Waals surface area contributed by atoms with Crippen LogP contribution >= 0.6 is 0 Å². The van der Waals surface area contributed by atoms with Crippen LogP contribution < -0.4 is 0 Å². The van der Waals surface area contributed by atoms with Crippen molar-refractivity contribution in [1.29, 1.82) is 0 Å². The van der Waals surface area contributed by atoms with Gasteiger partial charge in [-0.25, -0.2) is 0 Å². The Morgan fingerprint density at radius 3 is 2.25 bits per heavy atom. The average molecular weight is 57.1 g/mol. The molecule has 1 saturated carbocycles. The van der Waals surface area contributed by atoms with Crippen LogP contribution in [0.3, 0.4) is 0 Å². The molecule has 0 aromatic carbocycles. The standard InChI is InChI=1S/C3H5O/c4-3-1-2-3/h1,3-4H,2H2. The number of hydrogen-bond donors (Lipinski definition) is 1. The van der Waals surface area contributed by atoms with E-state index in [1.54, 1.807) is 0 Å². The second-order valence-electron chi connectivity index (χ2n) is 1.04. The molecule has 1 N–H and O–H groups in total. The minimum Gasteiger partial charge on any atom is -0.393 e. The van der Waals surface area contributed by atoms with E-state index in [4.69, 9.17) is 5.11 Å². The van der Waals surface area contributed by atoms with E-state index in [1.807, 2.05) is 6.42 Å². The minimum atomic E-state index is -0.0417. The lowest BCUT2D eigenvalue weighted by Gasteiger charge is -1.57. The molecule has 1 atom stereocenters. The molecule has 4 heavy (non-hydrogen) atoms. The summed E-state index contributed by atoms with van der Waals surface area (Å²) >= 11 is 0. The zero-order chi connectivity index (χ0) is 2.99. The van der Waals surface area contributed by atoms with Crippen molar-refractivity contribution in [2.24, 2.45) is 0 Å². The first kappa shape index (κ1) is 2.21. The summed E-state index contributed by atoms with van der Waals surface area (Å²) < 4.78 is 0. The molecule has 0 bridgehead atoms. The molecular formula is C3H5O. The summed E-state index contributed by atoms with van der Waals surface area (Å²) in [6.45, 7) is 0. The molecular weight excluding hydrogens is 52.0 g/mol. The molecule has 0 amide bonds. The highest BCUT2D eigenvalue weighted by Gasteiger charge is 2.16. The van der Waals surface area contributed by atoms with Crippen LogP contribution in [0.4, 0.5) is 0 Å². The van der Waals surface area contributed by atoms with Crippen molar-refractivity contribution in [1.82, 2.24) is 0 Å². The third-order valence-corrected chi connectivity index (χ3v) is 0.447. The monoisotopic (exact) mass is 57.0 g/mol. The maximum atomic E-state index is 8.11. The maximum absolute atomic E-state index is 8.11. The number of aliphatic hydroxyl groups excluding tert-OH is 1. The van der Waals surface area contributed by atoms with Gasteiger partial charge in [-0.2, -0.15) is 0 Å². The van der Waals surface area contributed by atoms with Gasteiger partial charge in [-0.15, -0.1) is 0 Å². The first-order valence-electron chi connectivity index (χ1n) is 1.41. The summed E-state index contributed by atoms with van der Waals surface area (Å²) in [7, 11) is 0. The van der Waals surface area contributed by atoms with Gasteiger partial charge in [0.05, 0.1) is 6.10 Å². The molecule has 1 aliphatic carbocycles. The molecule has 0 aromatic rings. The van der Waals surface area contributed by atoms with Gasteiger partial charge in [0.25, 0.3) is 0 Å². The van der Waals surface area contributed by atoms with E-state index in [9.17, 15) is 0 Å². The highest BCUT2D eigenvalue weighted by atomic mass is 16.3. The first-order valence-corrected chi connectivity index (χ1v) is 1.41. The summed E-state index contributed by atoms with van der Waals surface area (Å²) in [5, 5.41) is 8.11. The second kappa shape index (κ2) is 0.462. The Morgan fingerprint density at radius 1 is 2.00 bits per heavy atom. The van der Waals surface area contributed by atoms with Crippen molar-refractivity contribution < 1.29 is 5.11 Å². The molecule has 0 heterocycles. The van der Waals surface area contributed by atoms with E-state index in [-0.39, 0.29) is 6.10 Å². The van der Waals surface area contributed by atoms with Crippen molar-refractivity contribution in [3.8, 4) is 0 Å². The van der Waals surface area contributed by atoms with Crippen LogP contribution in [0.15, 0.2) is 0 Å². The molecule has 0 saturated heterocycles. The first-order chi connectivity index (χ1) is 1.89. The van der Waals surface area contributed by atoms with Crippen LogP contribution in [0.25, 0.3) is 0 Å². The topological polar surface area (TPSA) is 20.2 Å². The maximum Gasteiger partial charge on any atom is 0.0576 e. The Bertz CT molecular complexity index is 22.5. The highest BCUT2D eigenvalue weighted by Crippen LogP contribution is 2.15. The molecule has 1 radical (unpaired) electrons. The molecule has 0 aromatic heterocycles. The average Bonchev–Trinajstić information content (AvgIpc) is 1.75. The Hall–Kier alpha value is -0.0400. The summed E-state index contributed by atoms with van der Waals surface area (Å²) in [4.78, 5) is 0. The lowest BCUT2D eigenvalue weighted by Crippen LogP contribution is -1.66. The van der Waals surface area contributed by atoms with Crippen LogP contribution in [-0.2, 0) is 0 Å². The van der Waals surface area contributed by atoms with E-state index < -0.39 is 0 Å². The fourth-order valence-electron chi connectivity index (χ4n) is 0.0609. The largest absolute Gasteiger partial charge is 0.393 e. The number of hydrogen-bond acceptors (Lipinski definition) is 1. The molecule has 1 rings (SSSR count). The molecule has 1 nitrogen and oxygen atoms in total. The summed E-state index contributed by atoms with van der Waals surface area (Å²) in [6.07, 6.45) is 2.72. The van der Waals surface area contributed by atoms with E-state index in [0.29, 0.717) is 0 Å². The van der Waals surface area contributed by atoms with Gasteiger partial charge < -0.3 is 5.11 Å². The Balaban J connectivity index is 2.17. The predicted molar refractivity (Wildman–Crippen MR) is 14.9 cm³/mol. The fraction of sp³-hybridized carbons (Fsp3) is 0.667.